The summed E-state index contributed by atoms with van der Waals surface area (Å²) in [6, 6.07) is 9.39. The van der Waals surface area contributed by atoms with Gasteiger partial charge in [0.1, 0.15) is 23.1 Å². The molecule has 5 fully saturated rings. The highest BCUT2D eigenvalue weighted by atomic mass is 32.1. The molecule has 5 saturated carbocycles. The summed E-state index contributed by atoms with van der Waals surface area (Å²) in [4.78, 5) is 30.6. The van der Waals surface area contributed by atoms with Crippen molar-refractivity contribution in [1.29, 1.82) is 0 Å². The first-order valence-corrected chi connectivity index (χ1v) is 14.4. The van der Waals surface area contributed by atoms with E-state index >= 15 is 0 Å². The van der Waals surface area contributed by atoms with Crippen LogP contribution in [0.2, 0.25) is 0 Å². The molecule has 3 N–H and O–H groups in total. The Balaban J connectivity index is 1.03. The molecular formula is C28H36N4O3S. The number of nitrogens with zero attached hydrogens (tertiary/aromatic N) is 1. The fourth-order valence-electron chi connectivity index (χ4n) is 7.57. The van der Waals surface area contributed by atoms with Crippen molar-refractivity contribution < 1.29 is 14.3 Å². The summed E-state index contributed by atoms with van der Waals surface area (Å²) >= 11 is 1.42. The lowest BCUT2D eigenvalue weighted by molar-refractivity contribution is -0.0138. The first-order valence-electron chi connectivity index (χ1n) is 13.6. The molecule has 36 heavy (non-hydrogen) atoms. The van der Waals surface area contributed by atoms with Gasteiger partial charge < -0.3 is 20.7 Å². The number of amides is 3. The second-order valence-corrected chi connectivity index (χ2v) is 12.4. The predicted octanol–water partition coefficient (Wildman–Crippen LogP) is 5.03. The number of carbonyl (C=O) groups excluding carboxylic acids is 2. The summed E-state index contributed by atoms with van der Waals surface area (Å²) < 4.78 is 5.76. The maximum absolute atomic E-state index is 13.1. The predicted molar refractivity (Wildman–Crippen MR) is 139 cm³/mol. The first-order chi connectivity index (χ1) is 17.5. The lowest BCUT2D eigenvalue weighted by Gasteiger charge is -2.56. The van der Waals surface area contributed by atoms with Gasteiger partial charge in [-0.2, -0.15) is 0 Å². The van der Waals surface area contributed by atoms with Gasteiger partial charge in [-0.3, -0.25) is 4.79 Å². The molecule has 7 nitrogen and oxygen atoms in total. The monoisotopic (exact) mass is 508 g/mol. The number of thiazole rings is 1. The van der Waals surface area contributed by atoms with Crippen LogP contribution in [0.25, 0.3) is 0 Å². The summed E-state index contributed by atoms with van der Waals surface area (Å²) in [5, 5.41) is 12.4. The van der Waals surface area contributed by atoms with Crippen LogP contribution in [0.5, 0.6) is 5.75 Å². The summed E-state index contributed by atoms with van der Waals surface area (Å²) in [5.74, 6) is 2.97. The highest BCUT2D eigenvalue weighted by Crippen LogP contribution is 2.55. The Morgan fingerprint density at radius 3 is 2.25 bits per heavy atom. The summed E-state index contributed by atoms with van der Waals surface area (Å²) in [6.45, 7) is 0.333. The minimum Gasteiger partial charge on any atom is -0.486 e. The molecule has 5 aliphatic rings. The van der Waals surface area contributed by atoms with Gasteiger partial charge in [-0.25, -0.2) is 9.78 Å². The van der Waals surface area contributed by atoms with Crippen LogP contribution in [0, 0.1) is 17.8 Å². The van der Waals surface area contributed by atoms with E-state index in [1.54, 1.807) is 5.38 Å². The van der Waals surface area contributed by atoms with Crippen molar-refractivity contribution in [2.75, 3.05) is 0 Å². The molecule has 0 spiro atoms. The molecule has 1 heterocycles. The van der Waals surface area contributed by atoms with Crippen molar-refractivity contribution in [3.63, 3.8) is 0 Å². The number of carbonyl (C=O) groups is 2. The van der Waals surface area contributed by atoms with Crippen LogP contribution in [0.15, 0.2) is 35.7 Å². The van der Waals surface area contributed by atoms with E-state index in [9.17, 15) is 9.59 Å². The average Bonchev–Trinajstić information content (AvgIpc) is 3.33. The van der Waals surface area contributed by atoms with Gasteiger partial charge in [0.2, 0.25) is 0 Å². The Labute approximate surface area is 216 Å². The van der Waals surface area contributed by atoms with E-state index in [0.29, 0.717) is 12.3 Å². The number of nitrogens with one attached hydrogen (secondary N) is 3. The van der Waals surface area contributed by atoms with Crippen LogP contribution in [0.4, 0.5) is 4.79 Å². The average molecular weight is 509 g/mol. The van der Waals surface area contributed by atoms with Crippen molar-refractivity contribution in [2.45, 2.75) is 88.4 Å². The number of aromatic nitrogens is 1. The summed E-state index contributed by atoms with van der Waals surface area (Å²) in [5.41, 5.74) is 0.402. The van der Waals surface area contributed by atoms with Gasteiger partial charge in [-0.1, -0.05) is 31.0 Å². The van der Waals surface area contributed by atoms with Crippen LogP contribution < -0.4 is 20.7 Å². The number of rotatable bonds is 7. The van der Waals surface area contributed by atoms with Crippen LogP contribution >= 0.6 is 11.3 Å². The number of hydrogen-bond donors (Lipinski definition) is 3. The number of hydrogen-bond acceptors (Lipinski definition) is 5. The second kappa shape index (κ2) is 10.0. The fraction of sp³-hybridized carbons (Fsp3) is 0.607. The van der Waals surface area contributed by atoms with Crippen molar-refractivity contribution in [1.82, 2.24) is 20.9 Å². The first kappa shape index (κ1) is 23.8. The van der Waals surface area contributed by atoms with E-state index < -0.39 is 0 Å². The van der Waals surface area contributed by atoms with Crippen molar-refractivity contribution in [3.8, 4) is 5.75 Å². The van der Waals surface area contributed by atoms with Crippen molar-refractivity contribution in [2.24, 2.45) is 17.8 Å². The van der Waals surface area contributed by atoms with Crippen molar-refractivity contribution >= 4 is 23.3 Å². The lowest BCUT2D eigenvalue weighted by atomic mass is 9.53. The van der Waals surface area contributed by atoms with Crippen LogP contribution in [-0.4, -0.2) is 34.5 Å². The Hall–Kier alpha value is -2.61. The molecule has 1 aromatic carbocycles. The van der Waals surface area contributed by atoms with Crippen LogP contribution in [0.3, 0.4) is 0 Å². The molecule has 0 saturated heterocycles. The maximum Gasteiger partial charge on any atom is 0.315 e. The number of para-hydroxylation sites is 1. The van der Waals surface area contributed by atoms with E-state index in [0.717, 1.165) is 73.5 Å². The van der Waals surface area contributed by atoms with Crippen LogP contribution in [-0.2, 0) is 6.61 Å². The van der Waals surface area contributed by atoms with E-state index in [2.05, 4.69) is 20.9 Å². The minimum absolute atomic E-state index is 0.00887. The van der Waals surface area contributed by atoms with Gasteiger partial charge in [0.25, 0.3) is 5.91 Å². The molecule has 7 rings (SSSR count). The Morgan fingerprint density at radius 1 is 0.944 bits per heavy atom. The second-order valence-electron chi connectivity index (χ2n) is 11.5. The third-order valence-corrected chi connectivity index (χ3v) is 9.53. The van der Waals surface area contributed by atoms with Crippen LogP contribution in [0.1, 0.15) is 79.7 Å². The molecule has 5 aliphatic carbocycles. The van der Waals surface area contributed by atoms with E-state index in [4.69, 9.17) is 4.74 Å². The smallest absolute Gasteiger partial charge is 0.315 e. The Morgan fingerprint density at radius 2 is 1.58 bits per heavy atom. The molecule has 2 unspecified atom stereocenters. The SMILES string of the molecule is O=C(NC1CCCCC1NC(=O)c1csc(COc2ccccc2)n1)NC12CC3CC(CC(C3)C1)C2. The highest BCUT2D eigenvalue weighted by Gasteiger charge is 2.51. The summed E-state index contributed by atoms with van der Waals surface area (Å²) in [7, 11) is 0. The molecule has 192 valence electrons. The summed E-state index contributed by atoms with van der Waals surface area (Å²) in [6.07, 6.45) is 11.3. The Kier molecular flexibility index (Phi) is 6.63. The molecule has 2 aromatic rings. The molecule has 8 heteroatoms. The molecule has 3 amide bonds. The largest absolute Gasteiger partial charge is 0.486 e. The minimum atomic E-state index is -0.183. The zero-order valence-corrected chi connectivity index (χ0v) is 21.5. The molecule has 0 aliphatic heterocycles. The van der Waals surface area contributed by atoms with Crippen molar-refractivity contribution in [3.05, 3.63) is 46.4 Å². The molecule has 0 radical (unpaired) electrons. The van der Waals surface area contributed by atoms with Gasteiger partial charge in [0.05, 0.1) is 6.04 Å². The maximum atomic E-state index is 13.1. The standard InChI is InChI=1S/C28H36N4O3S/c33-26(24-17-36-25(29-24)16-35-21-6-2-1-3-7-21)30-22-8-4-5-9-23(22)31-27(34)32-28-13-18-10-19(14-28)12-20(11-18)15-28/h1-3,6-7,17-20,22-23H,4-5,8-16H2,(H,30,33)(H2,31,32,34). The van der Waals surface area contributed by atoms with Gasteiger partial charge in [0, 0.05) is 17.0 Å². The lowest BCUT2D eigenvalue weighted by Crippen LogP contribution is -2.63. The van der Waals surface area contributed by atoms with E-state index in [1.165, 1.54) is 30.6 Å². The zero-order chi connectivity index (χ0) is 24.5. The van der Waals surface area contributed by atoms with E-state index in [1.807, 2.05) is 30.3 Å². The molecule has 4 bridgehead atoms. The third-order valence-electron chi connectivity index (χ3n) is 8.71. The van der Waals surface area contributed by atoms with Gasteiger partial charge in [0.15, 0.2) is 0 Å². The van der Waals surface area contributed by atoms with E-state index in [-0.39, 0.29) is 29.6 Å². The highest BCUT2D eigenvalue weighted by molar-refractivity contribution is 7.09. The molecule has 1 aromatic heterocycles. The number of urea groups is 1. The topological polar surface area (TPSA) is 92.4 Å². The van der Waals surface area contributed by atoms with Gasteiger partial charge >= 0.3 is 6.03 Å². The quantitative estimate of drug-likeness (QED) is 0.489. The number of ether oxygens (including phenoxy) is 1. The third kappa shape index (κ3) is 5.24. The fourth-order valence-corrected chi connectivity index (χ4v) is 8.26. The van der Waals surface area contributed by atoms with Gasteiger partial charge in [-0.15, -0.1) is 11.3 Å². The Bertz CT molecular complexity index is 1050. The molecular weight excluding hydrogens is 472 g/mol. The number of benzene rings is 1. The normalized spacial score (nSPS) is 32.6. The zero-order valence-electron chi connectivity index (χ0n) is 20.7. The molecule has 2 atom stereocenters. The van der Waals surface area contributed by atoms with Gasteiger partial charge in [-0.05, 0) is 81.3 Å².